The van der Waals surface area contributed by atoms with E-state index in [4.69, 9.17) is 4.74 Å². The molecule has 3 rings (SSSR count). The lowest BCUT2D eigenvalue weighted by Gasteiger charge is -2.14. The molecule has 7 heteroatoms. The van der Waals surface area contributed by atoms with Crippen molar-refractivity contribution in [2.24, 2.45) is 0 Å². The van der Waals surface area contributed by atoms with E-state index in [9.17, 15) is 9.90 Å². The van der Waals surface area contributed by atoms with E-state index in [1.807, 2.05) is 32.2 Å². The predicted molar refractivity (Wildman–Crippen MR) is 88.9 cm³/mol. The third kappa shape index (κ3) is 2.67. The highest BCUT2D eigenvalue weighted by molar-refractivity contribution is 5.97. The number of aliphatic hydroxyl groups is 1. The van der Waals surface area contributed by atoms with Gasteiger partial charge in [-0.1, -0.05) is 0 Å². The van der Waals surface area contributed by atoms with Gasteiger partial charge in [-0.3, -0.25) is 4.68 Å². The van der Waals surface area contributed by atoms with E-state index in [1.54, 1.807) is 22.3 Å². The average Bonchev–Trinajstić information content (AvgIpc) is 3.16. The fraction of sp³-hybridized carbons (Fsp3) is 0.353. The second-order valence-electron chi connectivity index (χ2n) is 5.88. The quantitative estimate of drug-likeness (QED) is 0.743. The molecule has 0 spiro atoms. The van der Waals surface area contributed by atoms with E-state index in [2.05, 4.69) is 10.2 Å². The minimum atomic E-state index is -0.500. The molecule has 0 saturated carbocycles. The fourth-order valence-corrected chi connectivity index (χ4v) is 2.61. The lowest BCUT2D eigenvalue weighted by atomic mass is 10.1. The van der Waals surface area contributed by atoms with E-state index in [0.29, 0.717) is 11.1 Å². The standard InChI is InChI=1S/C17H20N4O3/c1-10-15(9-21(19-10)11(2)12(3)22)13-5-6-20-16(7-13)14(8-18-20)17(23)24-4/h5-9,11-12,22H,1-4H3/t11-,12-/m1/s1. The Bertz CT molecular complexity index is 895. The van der Waals surface area contributed by atoms with Crippen LogP contribution < -0.4 is 0 Å². The van der Waals surface area contributed by atoms with Crippen molar-refractivity contribution in [3.05, 3.63) is 42.0 Å². The van der Waals surface area contributed by atoms with Crippen LogP contribution in [0.5, 0.6) is 0 Å². The Morgan fingerprint density at radius 3 is 2.79 bits per heavy atom. The molecule has 0 aromatic carbocycles. The molecule has 1 N–H and O–H groups in total. The highest BCUT2D eigenvalue weighted by atomic mass is 16.5. The van der Waals surface area contributed by atoms with Crippen molar-refractivity contribution >= 4 is 11.5 Å². The average molecular weight is 328 g/mol. The van der Waals surface area contributed by atoms with E-state index in [-0.39, 0.29) is 6.04 Å². The zero-order valence-electron chi connectivity index (χ0n) is 14.1. The number of esters is 1. The molecular formula is C17H20N4O3. The Morgan fingerprint density at radius 2 is 2.12 bits per heavy atom. The minimum Gasteiger partial charge on any atom is -0.465 e. The van der Waals surface area contributed by atoms with Crippen LogP contribution >= 0.6 is 0 Å². The lowest BCUT2D eigenvalue weighted by molar-refractivity contribution is 0.0603. The molecule has 7 nitrogen and oxygen atoms in total. The van der Waals surface area contributed by atoms with Gasteiger partial charge in [0.25, 0.3) is 0 Å². The van der Waals surface area contributed by atoms with E-state index < -0.39 is 12.1 Å². The van der Waals surface area contributed by atoms with Crippen LogP contribution in [-0.2, 0) is 4.74 Å². The van der Waals surface area contributed by atoms with Crippen LogP contribution in [0, 0.1) is 6.92 Å². The van der Waals surface area contributed by atoms with Gasteiger partial charge in [0.15, 0.2) is 0 Å². The Labute approximate surface area is 139 Å². The topological polar surface area (TPSA) is 81.6 Å². The molecule has 24 heavy (non-hydrogen) atoms. The van der Waals surface area contributed by atoms with Gasteiger partial charge in [0, 0.05) is 18.0 Å². The summed E-state index contributed by atoms with van der Waals surface area (Å²) in [5.41, 5.74) is 3.82. The summed E-state index contributed by atoms with van der Waals surface area (Å²) in [6.07, 6.45) is 4.70. The Morgan fingerprint density at radius 1 is 1.38 bits per heavy atom. The fourth-order valence-electron chi connectivity index (χ4n) is 2.61. The van der Waals surface area contributed by atoms with Crippen molar-refractivity contribution in [3.8, 4) is 11.1 Å². The molecule has 3 aromatic rings. The van der Waals surface area contributed by atoms with Gasteiger partial charge < -0.3 is 9.84 Å². The molecule has 0 fully saturated rings. The Kier molecular flexibility index (Phi) is 4.11. The van der Waals surface area contributed by atoms with Crippen LogP contribution in [-0.4, -0.2) is 43.7 Å². The number of aromatic nitrogens is 4. The number of pyridine rings is 1. The molecule has 126 valence electrons. The summed E-state index contributed by atoms with van der Waals surface area (Å²) >= 11 is 0. The molecule has 0 amide bonds. The number of hydrogen-bond donors (Lipinski definition) is 1. The van der Waals surface area contributed by atoms with Gasteiger partial charge in [-0.05, 0) is 38.5 Å². The van der Waals surface area contributed by atoms with Gasteiger partial charge in [0.2, 0.25) is 0 Å². The number of aryl methyl sites for hydroxylation is 1. The molecule has 0 radical (unpaired) electrons. The summed E-state index contributed by atoms with van der Waals surface area (Å²) in [6.45, 7) is 5.57. The molecule has 0 saturated heterocycles. The number of rotatable bonds is 4. The SMILES string of the molecule is COC(=O)c1cnn2ccc(-c3cn([C@H](C)[C@@H](C)O)nc3C)cc12. The highest BCUT2D eigenvalue weighted by Gasteiger charge is 2.17. The van der Waals surface area contributed by atoms with Crippen LogP contribution in [0.2, 0.25) is 0 Å². The first-order valence-electron chi connectivity index (χ1n) is 7.72. The predicted octanol–water partition coefficient (Wildman–Crippen LogP) is 2.23. The molecule has 2 atom stereocenters. The van der Waals surface area contributed by atoms with E-state index >= 15 is 0 Å². The van der Waals surface area contributed by atoms with Gasteiger partial charge >= 0.3 is 5.97 Å². The summed E-state index contributed by atoms with van der Waals surface area (Å²) in [4.78, 5) is 11.9. The number of methoxy groups -OCH3 is 1. The maximum atomic E-state index is 11.9. The lowest BCUT2D eigenvalue weighted by Crippen LogP contribution is -2.18. The number of carbonyl (C=O) groups is 1. The molecular weight excluding hydrogens is 308 g/mol. The summed E-state index contributed by atoms with van der Waals surface area (Å²) in [6, 6.07) is 3.69. The summed E-state index contributed by atoms with van der Waals surface area (Å²) in [5, 5.41) is 18.4. The van der Waals surface area contributed by atoms with Gasteiger partial charge in [0.1, 0.15) is 5.56 Å². The maximum absolute atomic E-state index is 11.9. The van der Waals surface area contributed by atoms with Crippen molar-refractivity contribution in [1.82, 2.24) is 19.4 Å². The van der Waals surface area contributed by atoms with Crippen LogP contribution in [0.25, 0.3) is 16.6 Å². The summed E-state index contributed by atoms with van der Waals surface area (Å²) < 4.78 is 8.19. The van der Waals surface area contributed by atoms with Gasteiger partial charge in [-0.15, -0.1) is 0 Å². The molecule has 0 aliphatic heterocycles. The first-order chi connectivity index (χ1) is 11.4. The Hall–Kier alpha value is -2.67. The summed E-state index contributed by atoms with van der Waals surface area (Å²) in [5.74, 6) is -0.419. The minimum absolute atomic E-state index is 0.123. The van der Waals surface area contributed by atoms with Gasteiger partial charge in [0.05, 0.1) is 36.7 Å². The third-order valence-electron chi connectivity index (χ3n) is 4.27. The normalized spacial score (nSPS) is 13.9. The molecule has 0 bridgehead atoms. The Balaban J connectivity index is 2.08. The van der Waals surface area contributed by atoms with Crippen molar-refractivity contribution in [2.75, 3.05) is 7.11 Å². The van der Waals surface area contributed by atoms with Crippen LogP contribution in [0.4, 0.5) is 0 Å². The second-order valence-corrected chi connectivity index (χ2v) is 5.88. The van der Waals surface area contributed by atoms with Crippen LogP contribution in [0.15, 0.2) is 30.7 Å². The molecule has 0 aliphatic rings. The first-order valence-corrected chi connectivity index (χ1v) is 7.72. The smallest absolute Gasteiger partial charge is 0.341 e. The number of fused-ring (bicyclic) bond motifs is 1. The molecule has 3 aromatic heterocycles. The van der Waals surface area contributed by atoms with Crippen LogP contribution in [0.1, 0.15) is 35.9 Å². The van der Waals surface area contributed by atoms with Crippen molar-refractivity contribution in [2.45, 2.75) is 32.9 Å². The zero-order valence-corrected chi connectivity index (χ0v) is 14.1. The van der Waals surface area contributed by atoms with E-state index in [0.717, 1.165) is 16.8 Å². The van der Waals surface area contributed by atoms with Crippen molar-refractivity contribution < 1.29 is 14.6 Å². The monoisotopic (exact) mass is 328 g/mol. The van der Waals surface area contributed by atoms with Gasteiger partial charge in [-0.2, -0.15) is 10.2 Å². The molecule has 3 heterocycles. The van der Waals surface area contributed by atoms with Crippen molar-refractivity contribution in [1.29, 1.82) is 0 Å². The summed E-state index contributed by atoms with van der Waals surface area (Å²) in [7, 11) is 1.35. The number of aliphatic hydroxyl groups excluding tert-OH is 1. The van der Waals surface area contributed by atoms with E-state index in [1.165, 1.54) is 13.3 Å². The number of ether oxygens (including phenoxy) is 1. The first kappa shape index (κ1) is 16.2. The van der Waals surface area contributed by atoms with Gasteiger partial charge in [-0.25, -0.2) is 9.31 Å². The number of nitrogens with zero attached hydrogens (tertiary/aromatic N) is 4. The zero-order chi connectivity index (χ0) is 17.4. The highest BCUT2D eigenvalue weighted by Crippen LogP contribution is 2.27. The molecule has 0 aliphatic carbocycles. The number of hydrogen-bond acceptors (Lipinski definition) is 5. The van der Waals surface area contributed by atoms with Crippen molar-refractivity contribution in [3.63, 3.8) is 0 Å². The third-order valence-corrected chi connectivity index (χ3v) is 4.27. The number of carbonyl (C=O) groups excluding carboxylic acids is 1. The maximum Gasteiger partial charge on any atom is 0.341 e. The largest absolute Gasteiger partial charge is 0.465 e. The second kappa shape index (κ2) is 6.09. The van der Waals surface area contributed by atoms with Crippen LogP contribution in [0.3, 0.4) is 0 Å². The molecule has 0 unspecified atom stereocenters.